The Bertz CT molecular complexity index is 1420. The van der Waals surface area contributed by atoms with Gasteiger partial charge in [0.05, 0.1) is 35.7 Å². The van der Waals surface area contributed by atoms with Crippen molar-refractivity contribution >= 4 is 21.8 Å². The Labute approximate surface area is 179 Å². The Balaban J connectivity index is 1.59. The topological polar surface area (TPSA) is 55.9 Å². The number of alkyl halides is 3. The zero-order chi connectivity index (χ0) is 22.5. The smallest absolute Gasteiger partial charge is 0.375 e. The Morgan fingerprint density at radius 3 is 2.41 bits per heavy atom. The predicted molar refractivity (Wildman–Crippen MR) is 111 cm³/mol. The summed E-state index contributed by atoms with van der Waals surface area (Å²) in [4.78, 5) is 3.97. The lowest BCUT2D eigenvalue weighted by Gasteiger charge is -2.31. The summed E-state index contributed by atoms with van der Waals surface area (Å²) in [7, 11) is 0. The Morgan fingerprint density at radius 1 is 0.875 bits per heavy atom. The van der Waals surface area contributed by atoms with Crippen molar-refractivity contribution in [1.82, 2.24) is 19.3 Å². The minimum atomic E-state index is -4.94. The maximum Gasteiger partial charge on any atom is 0.423 e. The first kappa shape index (κ1) is 20.2. The van der Waals surface area contributed by atoms with E-state index >= 15 is 0 Å². The molecule has 3 aromatic heterocycles. The maximum absolute atomic E-state index is 14.2. The Morgan fingerprint density at radius 2 is 1.66 bits per heavy atom. The average Bonchev–Trinajstić information content (AvgIpc) is 3.37. The lowest BCUT2D eigenvalue weighted by atomic mass is 9.92. The van der Waals surface area contributed by atoms with E-state index in [4.69, 9.17) is 0 Å². The highest BCUT2D eigenvalue weighted by atomic mass is 19.4. The standard InChI is InChI=1S/C23H16F4N4O/c24-18-2-4-19(5-3-18)31-20-6-1-17(11-16(20)12-29-31)22(32,23(25,26)27)14-30-10-8-15-7-9-28-13-21(15)30/h1-13,32H,14H2. The second-order valence-electron chi connectivity index (χ2n) is 7.54. The first-order valence-electron chi connectivity index (χ1n) is 9.68. The van der Waals surface area contributed by atoms with Gasteiger partial charge in [-0.25, -0.2) is 9.07 Å². The maximum atomic E-state index is 14.2. The van der Waals surface area contributed by atoms with E-state index in [1.807, 2.05) is 0 Å². The number of fused-ring (bicyclic) bond motifs is 2. The molecule has 9 heteroatoms. The van der Waals surface area contributed by atoms with Crippen molar-refractivity contribution in [2.24, 2.45) is 0 Å². The van der Waals surface area contributed by atoms with Gasteiger partial charge < -0.3 is 9.67 Å². The molecule has 1 unspecified atom stereocenters. The highest BCUT2D eigenvalue weighted by molar-refractivity contribution is 5.81. The van der Waals surface area contributed by atoms with Crippen LogP contribution in [0.15, 0.2) is 79.4 Å². The number of aliphatic hydroxyl groups is 1. The molecule has 162 valence electrons. The van der Waals surface area contributed by atoms with E-state index in [1.165, 1.54) is 70.3 Å². The minimum absolute atomic E-state index is 0.304. The van der Waals surface area contributed by atoms with Crippen LogP contribution in [0.3, 0.4) is 0 Å². The summed E-state index contributed by atoms with van der Waals surface area (Å²) in [6.07, 6.45) is 0.978. The van der Waals surface area contributed by atoms with Crippen molar-refractivity contribution < 1.29 is 22.7 Å². The lowest BCUT2D eigenvalue weighted by molar-refractivity contribution is -0.271. The molecular weight excluding hydrogens is 424 g/mol. The summed E-state index contributed by atoms with van der Waals surface area (Å²) in [5, 5.41) is 16.3. The summed E-state index contributed by atoms with van der Waals surface area (Å²) in [5.41, 5.74) is -1.87. The summed E-state index contributed by atoms with van der Waals surface area (Å²) in [5.74, 6) is -0.407. The highest BCUT2D eigenvalue weighted by Gasteiger charge is 2.55. The Kier molecular flexibility index (Phi) is 4.52. The van der Waals surface area contributed by atoms with Crippen LogP contribution in [0.2, 0.25) is 0 Å². The first-order chi connectivity index (χ1) is 15.3. The molecule has 32 heavy (non-hydrogen) atoms. The number of hydrogen-bond acceptors (Lipinski definition) is 3. The van der Waals surface area contributed by atoms with Gasteiger partial charge in [-0.3, -0.25) is 4.98 Å². The van der Waals surface area contributed by atoms with E-state index in [2.05, 4.69) is 10.1 Å². The quantitative estimate of drug-likeness (QED) is 0.402. The summed E-state index contributed by atoms with van der Waals surface area (Å²) in [6, 6.07) is 12.9. The molecule has 0 bridgehead atoms. The van der Waals surface area contributed by atoms with Gasteiger partial charge in [-0.15, -0.1) is 0 Å². The van der Waals surface area contributed by atoms with Crippen molar-refractivity contribution in [1.29, 1.82) is 0 Å². The van der Waals surface area contributed by atoms with Gasteiger partial charge in [0.1, 0.15) is 5.82 Å². The van der Waals surface area contributed by atoms with E-state index < -0.39 is 24.1 Å². The van der Waals surface area contributed by atoms with Gasteiger partial charge in [-0.05, 0) is 54.1 Å². The second kappa shape index (κ2) is 7.16. The van der Waals surface area contributed by atoms with Crippen LogP contribution in [0, 0.1) is 5.82 Å². The van der Waals surface area contributed by atoms with Gasteiger partial charge in [0.25, 0.3) is 0 Å². The molecule has 0 aliphatic rings. The number of nitrogens with zero attached hydrogens (tertiary/aromatic N) is 4. The third-order valence-corrected chi connectivity index (χ3v) is 5.56. The third kappa shape index (κ3) is 3.21. The van der Waals surface area contributed by atoms with Crippen LogP contribution in [0.25, 0.3) is 27.5 Å². The molecule has 0 spiro atoms. The third-order valence-electron chi connectivity index (χ3n) is 5.56. The number of halogens is 4. The zero-order valence-corrected chi connectivity index (χ0v) is 16.5. The minimum Gasteiger partial charge on any atom is -0.375 e. The highest BCUT2D eigenvalue weighted by Crippen LogP contribution is 2.42. The molecule has 0 radical (unpaired) electrons. The molecule has 0 saturated carbocycles. The average molecular weight is 440 g/mol. The molecule has 0 fully saturated rings. The van der Waals surface area contributed by atoms with E-state index in [1.54, 1.807) is 18.3 Å². The van der Waals surface area contributed by atoms with Crippen molar-refractivity contribution in [2.75, 3.05) is 0 Å². The molecule has 5 nitrogen and oxygen atoms in total. The molecule has 0 aliphatic carbocycles. The van der Waals surface area contributed by atoms with Crippen LogP contribution in [0.5, 0.6) is 0 Å². The lowest BCUT2D eigenvalue weighted by Crippen LogP contribution is -2.45. The van der Waals surface area contributed by atoms with Gasteiger partial charge in [0.15, 0.2) is 0 Å². The summed E-state index contributed by atoms with van der Waals surface area (Å²) >= 11 is 0. The van der Waals surface area contributed by atoms with Crippen LogP contribution >= 0.6 is 0 Å². The van der Waals surface area contributed by atoms with E-state index in [0.29, 0.717) is 22.1 Å². The van der Waals surface area contributed by atoms with Gasteiger partial charge >= 0.3 is 6.18 Å². The monoisotopic (exact) mass is 440 g/mol. The first-order valence-corrected chi connectivity index (χ1v) is 9.68. The van der Waals surface area contributed by atoms with E-state index in [0.717, 1.165) is 5.39 Å². The molecular formula is C23H16F4N4O. The largest absolute Gasteiger partial charge is 0.423 e. The van der Waals surface area contributed by atoms with Crippen LogP contribution in [0.1, 0.15) is 5.56 Å². The van der Waals surface area contributed by atoms with Crippen molar-refractivity contribution in [2.45, 2.75) is 18.3 Å². The number of pyridine rings is 1. The van der Waals surface area contributed by atoms with Crippen LogP contribution in [0.4, 0.5) is 17.6 Å². The predicted octanol–water partition coefficient (Wildman–Crippen LogP) is 4.96. The van der Waals surface area contributed by atoms with Crippen LogP contribution in [-0.2, 0) is 12.1 Å². The fourth-order valence-electron chi connectivity index (χ4n) is 3.84. The normalized spacial score (nSPS) is 14.2. The van der Waals surface area contributed by atoms with Crippen LogP contribution in [-0.4, -0.2) is 30.6 Å². The van der Waals surface area contributed by atoms with Gasteiger partial charge in [0.2, 0.25) is 5.60 Å². The number of rotatable bonds is 4. The van der Waals surface area contributed by atoms with E-state index in [9.17, 15) is 22.7 Å². The second-order valence-corrected chi connectivity index (χ2v) is 7.54. The molecule has 5 rings (SSSR count). The zero-order valence-electron chi connectivity index (χ0n) is 16.5. The van der Waals surface area contributed by atoms with E-state index in [-0.39, 0.29) is 5.56 Å². The van der Waals surface area contributed by atoms with Crippen molar-refractivity contribution in [3.63, 3.8) is 0 Å². The number of aromatic nitrogens is 4. The molecule has 0 saturated heterocycles. The molecule has 0 aliphatic heterocycles. The molecule has 1 N–H and O–H groups in total. The van der Waals surface area contributed by atoms with Gasteiger partial charge in [0, 0.05) is 23.2 Å². The number of hydrogen-bond donors (Lipinski definition) is 1. The fraction of sp³-hybridized carbons (Fsp3) is 0.130. The van der Waals surface area contributed by atoms with Crippen LogP contribution < -0.4 is 0 Å². The molecule has 5 aromatic rings. The summed E-state index contributed by atoms with van der Waals surface area (Å²) in [6.45, 7) is -0.733. The Hall–Kier alpha value is -3.72. The summed E-state index contributed by atoms with van der Waals surface area (Å²) < 4.78 is 58.5. The van der Waals surface area contributed by atoms with Crippen molar-refractivity contribution in [3.05, 3.63) is 90.8 Å². The molecule has 0 amide bonds. The SMILES string of the molecule is OC(Cn1ccc2ccncc21)(c1ccc2c(cnn2-c2ccc(F)cc2)c1)C(F)(F)F. The van der Waals surface area contributed by atoms with Crippen molar-refractivity contribution in [3.8, 4) is 5.69 Å². The van der Waals surface area contributed by atoms with Gasteiger partial charge in [-0.2, -0.15) is 18.3 Å². The van der Waals surface area contributed by atoms with Gasteiger partial charge in [-0.1, -0.05) is 6.07 Å². The fourth-order valence-corrected chi connectivity index (χ4v) is 3.84. The molecule has 1 atom stereocenters. The number of benzene rings is 2. The molecule has 3 heterocycles. The molecule has 2 aromatic carbocycles.